The molecule has 0 radical (unpaired) electrons. The molecule has 0 heterocycles. The first-order chi connectivity index (χ1) is 17.8. The fourth-order valence-corrected chi connectivity index (χ4v) is 5.87. The largest absolute Gasteiger partial charge is 0.259 e. The molecule has 1 heteroatoms. The van der Waals surface area contributed by atoms with Crippen molar-refractivity contribution in [2.45, 2.75) is 136 Å². The fraction of sp³-hybridized carbons (Fsp3) is 0.657. The number of rotatable bonds is 23. The van der Waals surface area contributed by atoms with Gasteiger partial charge in [0.15, 0.2) is 0 Å². The van der Waals surface area contributed by atoms with Crippen LogP contribution in [0.15, 0.2) is 60.7 Å². The molecule has 0 N–H and O–H groups in total. The van der Waals surface area contributed by atoms with Crippen molar-refractivity contribution in [2.75, 3.05) is 13.1 Å². The van der Waals surface area contributed by atoms with Crippen LogP contribution in [0.4, 0.5) is 11.4 Å². The molecule has 202 valence electrons. The molecule has 0 unspecified atom stereocenters. The summed E-state index contributed by atoms with van der Waals surface area (Å²) < 4.78 is 0.997. The Balaban J connectivity index is 1.55. The van der Waals surface area contributed by atoms with Crippen molar-refractivity contribution in [1.82, 2.24) is 4.48 Å². The second-order valence-electron chi connectivity index (χ2n) is 11.1. The Labute approximate surface area is 225 Å². The van der Waals surface area contributed by atoms with E-state index < -0.39 is 0 Å². The minimum Gasteiger partial charge on any atom is -0.259 e. The zero-order valence-corrected chi connectivity index (χ0v) is 24.1. The highest BCUT2D eigenvalue weighted by Gasteiger charge is 2.31. The minimum atomic E-state index is 0.997. The highest BCUT2D eigenvalue weighted by Crippen LogP contribution is 2.35. The monoisotopic (exact) mass is 492 g/mol. The van der Waals surface area contributed by atoms with Gasteiger partial charge in [-0.3, -0.25) is 4.48 Å². The summed E-state index contributed by atoms with van der Waals surface area (Å²) in [4.78, 5) is 0. The van der Waals surface area contributed by atoms with Crippen LogP contribution in [0.1, 0.15) is 136 Å². The third-order valence-electron chi connectivity index (χ3n) is 8.00. The number of nitrogens with zero attached hydrogens (tertiary/aromatic N) is 1. The molecule has 0 aliphatic heterocycles. The van der Waals surface area contributed by atoms with Gasteiger partial charge in [-0.05, 0) is 43.5 Å². The quantitative estimate of drug-likeness (QED) is 0.107. The Morgan fingerprint density at radius 1 is 0.361 bits per heavy atom. The highest BCUT2D eigenvalue weighted by molar-refractivity contribution is 5.58. The SMILES string of the molecule is CCCCCCCCCCCCCCCCCCCC[N+](CCC)(c1ccccc1)c1ccccc1. The zero-order valence-electron chi connectivity index (χ0n) is 24.1. The van der Waals surface area contributed by atoms with E-state index in [0.717, 1.165) is 4.48 Å². The van der Waals surface area contributed by atoms with E-state index in [1.165, 1.54) is 146 Å². The average Bonchev–Trinajstić information content (AvgIpc) is 2.92. The molecule has 0 saturated carbocycles. The van der Waals surface area contributed by atoms with E-state index >= 15 is 0 Å². The van der Waals surface area contributed by atoms with Crippen molar-refractivity contribution in [2.24, 2.45) is 0 Å². The van der Waals surface area contributed by atoms with E-state index in [9.17, 15) is 0 Å². The third kappa shape index (κ3) is 12.1. The maximum absolute atomic E-state index is 2.33. The Hall–Kier alpha value is -1.60. The zero-order chi connectivity index (χ0) is 25.6. The number of unbranched alkanes of at least 4 members (excludes halogenated alkanes) is 17. The lowest BCUT2D eigenvalue weighted by molar-refractivity contribution is 0.365. The normalized spacial score (nSPS) is 11.7. The Morgan fingerprint density at radius 2 is 0.694 bits per heavy atom. The van der Waals surface area contributed by atoms with Crippen LogP contribution < -0.4 is 4.48 Å². The standard InChI is InChI=1S/C35H58N/c1-3-5-6-7-8-9-10-11-12-13-14-15-16-17-18-19-20-27-33-36(32-4-2,34-28-23-21-24-29-34)35-30-25-22-26-31-35/h21-26,28-31H,3-20,27,32-33H2,1-2H3/q+1. The van der Waals surface area contributed by atoms with Crippen molar-refractivity contribution in [3.8, 4) is 0 Å². The average molecular weight is 493 g/mol. The van der Waals surface area contributed by atoms with Crippen LogP contribution in [0.5, 0.6) is 0 Å². The van der Waals surface area contributed by atoms with Gasteiger partial charge in [0.05, 0.1) is 13.1 Å². The molecule has 2 rings (SSSR count). The van der Waals surface area contributed by atoms with Gasteiger partial charge in [-0.15, -0.1) is 0 Å². The van der Waals surface area contributed by atoms with Gasteiger partial charge in [-0.2, -0.15) is 0 Å². The Morgan fingerprint density at radius 3 is 1.03 bits per heavy atom. The van der Waals surface area contributed by atoms with Gasteiger partial charge < -0.3 is 0 Å². The van der Waals surface area contributed by atoms with Crippen LogP contribution in [0, 0.1) is 0 Å². The number of benzene rings is 2. The molecule has 0 atom stereocenters. The van der Waals surface area contributed by atoms with E-state index in [1.807, 2.05) is 0 Å². The van der Waals surface area contributed by atoms with Crippen molar-refractivity contribution in [3.63, 3.8) is 0 Å². The molecule has 0 aliphatic rings. The van der Waals surface area contributed by atoms with Crippen molar-refractivity contribution < 1.29 is 0 Å². The molecule has 0 bridgehead atoms. The molecular weight excluding hydrogens is 434 g/mol. The lowest BCUT2D eigenvalue weighted by atomic mass is 10.0. The molecular formula is C35H58N+. The van der Waals surface area contributed by atoms with Crippen molar-refractivity contribution in [3.05, 3.63) is 60.7 Å². The molecule has 0 fully saturated rings. The topological polar surface area (TPSA) is 0 Å². The molecule has 1 nitrogen and oxygen atoms in total. The summed E-state index contributed by atoms with van der Waals surface area (Å²) in [7, 11) is 0. The molecule has 2 aromatic carbocycles. The van der Waals surface area contributed by atoms with Gasteiger partial charge in [0.2, 0.25) is 0 Å². The first kappa shape index (κ1) is 30.6. The second-order valence-corrected chi connectivity index (χ2v) is 11.1. The summed E-state index contributed by atoms with van der Waals surface area (Å²) in [6.07, 6.45) is 27.0. The van der Waals surface area contributed by atoms with Crippen molar-refractivity contribution in [1.29, 1.82) is 0 Å². The highest BCUT2D eigenvalue weighted by atomic mass is 15.4. The molecule has 0 aliphatic carbocycles. The number of hydrogen-bond donors (Lipinski definition) is 0. The van der Waals surface area contributed by atoms with Gasteiger partial charge in [0, 0.05) is 0 Å². The molecule has 36 heavy (non-hydrogen) atoms. The summed E-state index contributed by atoms with van der Waals surface area (Å²) >= 11 is 0. The second kappa shape index (κ2) is 20.5. The minimum absolute atomic E-state index is 0.997. The Kier molecular flexibility index (Phi) is 17.4. The first-order valence-electron chi connectivity index (χ1n) is 15.8. The summed E-state index contributed by atoms with van der Waals surface area (Å²) in [6, 6.07) is 22.4. The van der Waals surface area contributed by atoms with Crippen LogP contribution in [0.3, 0.4) is 0 Å². The van der Waals surface area contributed by atoms with Gasteiger partial charge in [-0.1, -0.05) is 153 Å². The van der Waals surface area contributed by atoms with Gasteiger partial charge in [-0.25, -0.2) is 0 Å². The van der Waals surface area contributed by atoms with Crippen LogP contribution in [0.25, 0.3) is 0 Å². The molecule has 0 amide bonds. The van der Waals surface area contributed by atoms with E-state index in [4.69, 9.17) is 0 Å². The van der Waals surface area contributed by atoms with E-state index in [2.05, 4.69) is 74.5 Å². The Bertz CT molecular complexity index is 683. The predicted octanol–water partition coefficient (Wildman–Crippen LogP) is 11.8. The maximum Gasteiger partial charge on any atom is 0.137 e. The van der Waals surface area contributed by atoms with Crippen molar-refractivity contribution >= 4 is 11.4 Å². The van der Waals surface area contributed by atoms with Gasteiger partial charge >= 0.3 is 0 Å². The summed E-state index contributed by atoms with van der Waals surface area (Å²) in [5, 5.41) is 0. The van der Waals surface area contributed by atoms with Crippen LogP contribution in [-0.4, -0.2) is 13.1 Å². The van der Waals surface area contributed by atoms with E-state index in [0.29, 0.717) is 0 Å². The van der Waals surface area contributed by atoms with Crippen LogP contribution in [0.2, 0.25) is 0 Å². The lowest BCUT2D eigenvalue weighted by Crippen LogP contribution is -2.45. The van der Waals surface area contributed by atoms with E-state index in [1.54, 1.807) is 0 Å². The molecule has 2 aromatic rings. The van der Waals surface area contributed by atoms with Gasteiger partial charge in [0.25, 0.3) is 0 Å². The smallest absolute Gasteiger partial charge is 0.137 e. The number of hydrogen-bond acceptors (Lipinski definition) is 0. The number of quaternary nitrogens is 1. The lowest BCUT2D eigenvalue weighted by Gasteiger charge is -2.38. The van der Waals surface area contributed by atoms with Crippen LogP contribution >= 0.6 is 0 Å². The summed E-state index contributed by atoms with van der Waals surface area (Å²) in [5.74, 6) is 0. The summed E-state index contributed by atoms with van der Waals surface area (Å²) in [6.45, 7) is 7.01. The first-order valence-corrected chi connectivity index (χ1v) is 15.8. The maximum atomic E-state index is 2.33. The summed E-state index contributed by atoms with van der Waals surface area (Å²) in [5.41, 5.74) is 2.88. The predicted molar refractivity (Wildman–Crippen MR) is 163 cm³/mol. The van der Waals surface area contributed by atoms with Crippen LogP contribution in [-0.2, 0) is 0 Å². The van der Waals surface area contributed by atoms with Gasteiger partial charge in [0.1, 0.15) is 11.4 Å². The fourth-order valence-electron chi connectivity index (χ4n) is 5.87. The molecule has 0 saturated heterocycles. The van der Waals surface area contributed by atoms with E-state index in [-0.39, 0.29) is 0 Å². The number of para-hydroxylation sites is 2. The third-order valence-corrected chi connectivity index (χ3v) is 8.00. The molecule has 0 spiro atoms. The molecule has 0 aromatic heterocycles.